The summed E-state index contributed by atoms with van der Waals surface area (Å²) in [6.07, 6.45) is 9.22. The number of aromatic nitrogens is 3. The predicted octanol–water partition coefficient (Wildman–Crippen LogP) is 4.20. The van der Waals surface area contributed by atoms with Gasteiger partial charge in [-0.05, 0) is 44.6 Å². The van der Waals surface area contributed by atoms with E-state index in [1.165, 1.54) is 42.6 Å². The zero-order valence-corrected chi connectivity index (χ0v) is 22.4. The maximum absolute atomic E-state index is 6.16. The molecule has 2 aliphatic rings. The fourth-order valence-electron chi connectivity index (χ4n) is 4.81. The smallest absolute Gasteiger partial charge is 0.190 e. The average Bonchev–Trinajstić information content (AvgIpc) is 3.05. The van der Waals surface area contributed by atoms with E-state index in [0.29, 0.717) is 5.92 Å². The number of nitrogens with zero attached hydrogens (tertiary/aromatic N) is 4. The zero-order chi connectivity index (χ0) is 22.2. The highest BCUT2D eigenvalue weighted by Crippen LogP contribution is 2.33. The van der Waals surface area contributed by atoms with Crippen molar-refractivity contribution in [2.45, 2.75) is 70.9 Å². The molecule has 0 spiro atoms. The molecule has 1 aromatic heterocycles. The number of hydrogen-bond acceptors (Lipinski definition) is 4. The summed E-state index contributed by atoms with van der Waals surface area (Å²) in [6, 6.07) is 8.76. The minimum absolute atomic E-state index is 0. The first-order valence-corrected chi connectivity index (χ1v) is 12.3. The van der Waals surface area contributed by atoms with Gasteiger partial charge in [-0.15, -0.1) is 34.2 Å². The lowest BCUT2D eigenvalue weighted by Crippen LogP contribution is -2.42. The summed E-state index contributed by atoms with van der Waals surface area (Å²) in [5.74, 6) is 3.60. The molecule has 2 unspecified atom stereocenters. The number of guanidine groups is 1. The molecule has 33 heavy (non-hydrogen) atoms. The van der Waals surface area contributed by atoms with Crippen LogP contribution >= 0.6 is 24.0 Å². The standard InChI is InChI=1S/C25H38N6O.HI/c1-19-11-13-20(14-12-19)24-21(8-7-17-32-24)18-28-25(26-2)27-15-6-10-23-30-29-22-9-4-3-5-16-31(22)23;/h11-14,21,24H,3-10,15-18H2,1-2H3,(H2,26,27,28);1H. The lowest BCUT2D eigenvalue weighted by atomic mass is 9.89. The Hall–Kier alpha value is -1.68. The molecule has 8 heteroatoms. The van der Waals surface area contributed by atoms with Crippen LogP contribution in [0.1, 0.15) is 67.4 Å². The minimum Gasteiger partial charge on any atom is -0.373 e. The van der Waals surface area contributed by atoms with Gasteiger partial charge in [-0.1, -0.05) is 36.2 Å². The zero-order valence-electron chi connectivity index (χ0n) is 20.1. The van der Waals surface area contributed by atoms with Crippen molar-refractivity contribution >= 4 is 29.9 Å². The molecule has 0 saturated carbocycles. The van der Waals surface area contributed by atoms with Crippen LogP contribution < -0.4 is 10.6 Å². The number of aliphatic imine (C=N–C) groups is 1. The number of aryl methyl sites for hydroxylation is 3. The Balaban J connectivity index is 0.00000306. The highest BCUT2D eigenvalue weighted by atomic mass is 127. The summed E-state index contributed by atoms with van der Waals surface area (Å²) in [5, 5.41) is 15.8. The molecule has 3 heterocycles. The summed E-state index contributed by atoms with van der Waals surface area (Å²) >= 11 is 0. The maximum atomic E-state index is 6.16. The Kier molecular flexibility index (Phi) is 10.4. The molecule has 4 rings (SSSR count). The molecule has 2 atom stereocenters. The molecule has 2 N–H and O–H groups in total. The lowest BCUT2D eigenvalue weighted by molar-refractivity contribution is -0.0265. The van der Waals surface area contributed by atoms with E-state index in [9.17, 15) is 0 Å². The number of fused-ring (bicyclic) bond motifs is 1. The number of benzene rings is 1. The molecule has 1 fully saturated rings. The van der Waals surface area contributed by atoms with Crippen LogP contribution in [0.25, 0.3) is 0 Å². The molecule has 0 bridgehead atoms. The highest BCUT2D eigenvalue weighted by molar-refractivity contribution is 14.0. The summed E-state index contributed by atoms with van der Waals surface area (Å²) in [4.78, 5) is 4.42. The van der Waals surface area contributed by atoms with Crippen LogP contribution in [0, 0.1) is 12.8 Å². The Morgan fingerprint density at radius 2 is 1.97 bits per heavy atom. The second kappa shape index (κ2) is 13.3. The van der Waals surface area contributed by atoms with Gasteiger partial charge in [0, 0.05) is 52.0 Å². The number of rotatable bonds is 7. The van der Waals surface area contributed by atoms with Gasteiger partial charge in [0.25, 0.3) is 0 Å². The fourth-order valence-corrected chi connectivity index (χ4v) is 4.81. The van der Waals surface area contributed by atoms with Gasteiger partial charge in [0.05, 0.1) is 6.10 Å². The normalized spacial score (nSPS) is 21.0. The van der Waals surface area contributed by atoms with Gasteiger partial charge >= 0.3 is 0 Å². The Morgan fingerprint density at radius 3 is 2.79 bits per heavy atom. The van der Waals surface area contributed by atoms with Crippen LogP contribution in [0.2, 0.25) is 0 Å². The van der Waals surface area contributed by atoms with Crippen molar-refractivity contribution in [3.05, 3.63) is 47.0 Å². The molecule has 2 aliphatic heterocycles. The maximum Gasteiger partial charge on any atom is 0.190 e. The van der Waals surface area contributed by atoms with Crippen LogP contribution in [0.15, 0.2) is 29.3 Å². The fraction of sp³-hybridized carbons (Fsp3) is 0.640. The Morgan fingerprint density at radius 1 is 1.12 bits per heavy atom. The first-order valence-electron chi connectivity index (χ1n) is 12.3. The van der Waals surface area contributed by atoms with Gasteiger partial charge in [-0.25, -0.2) is 0 Å². The van der Waals surface area contributed by atoms with E-state index in [-0.39, 0.29) is 30.1 Å². The Labute approximate surface area is 215 Å². The van der Waals surface area contributed by atoms with Gasteiger partial charge < -0.3 is 19.9 Å². The first-order chi connectivity index (χ1) is 15.7. The van der Waals surface area contributed by atoms with Gasteiger partial charge in [-0.3, -0.25) is 4.99 Å². The van der Waals surface area contributed by atoms with Crippen molar-refractivity contribution in [2.75, 3.05) is 26.7 Å². The molecule has 2 aromatic rings. The van der Waals surface area contributed by atoms with Crippen molar-refractivity contribution in [3.63, 3.8) is 0 Å². The molecule has 7 nitrogen and oxygen atoms in total. The molecule has 1 saturated heterocycles. The Bertz CT molecular complexity index is 882. The third kappa shape index (κ3) is 7.15. The third-order valence-electron chi connectivity index (χ3n) is 6.66. The second-order valence-corrected chi connectivity index (χ2v) is 9.08. The van der Waals surface area contributed by atoms with Crippen molar-refractivity contribution < 1.29 is 4.74 Å². The number of nitrogens with one attached hydrogen (secondary N) is 2. The van der Waals surface area contributed by atoms with E-state index in [2.05, 4.69) is 61.6 Å². The van der Waals surface area contributed by atoms with E-state index in [1.807, 2.05) is 7.05 Å². The minimum atomic E-state index is 0. The SMILES string of the molecule is CN=C(NCCCc1nnc2n1CCCCC2)NCC1CCCOC1c1ccc(C)cc1.I. The third-order valence-corrected chi connectivity index (χ3v) is 6.66. The van der Waals surface area contributed by atoms with Crippen LogP contribution in [0.5, 0.6) is 0 Å². The predicted molar refractivity (Wildman–Crippen MR) is 143 cm³/mol. The van der Waals surface area contributed by atoms with Crippen LogP contribution in [0.4, 0.5) is 0 Å². The quantitative estimate of drug-likeness (QED) is 0.228. The molecular weight excluding hydrogens is 527 g/mol. The topological polar surface area (TPSA) is 76.4 Å². The van der Waals surface area contributed by atoms with Crippen molar-refractivity contribution in [1.29, 1.82) is 0 Å². The van der Waals surface area contributed by atoms with E-state index in [1.54, 1.807) is 0 Å². The molecule has 0 amide bonds. The number of halogens is 1. The summed E-state index contributed by atoms with van der Waals surface area (Å²) in [5.41, 5.74) is 2.56. The number of ether oxygens (including phenoxy) is 1. The lowest BCUT2D eigenvalue weighted by Gasteiger charge is -2.32. The molecule has 0 aliphatic carbocycles. The molecular formula is C25H39IN6O. The molecule has 1 aromatic carbocycles. The van der Waals surface area contributed by atoms with Crippen molar-refractivity contribution in [2.24, 2.45) is 10.9 Å². The average molecular weight is 567 g/mol. The van der Waals surface area contributed by atoms with Crippen LogP contribution in [-0.2, 0) is 24.1 Å². The van der Waals surface area contributed by atoms with Crippen molar-refractivity contribution in [3.8, 4) is 0 Å². The monoisotopic (exact) mass is 566 g/mol. The van der Waals surface area contributed by atoms with Gasteiger partial charge in [0.2, 0.25) is 0 Å². The highest BCUT2D eigenvalue weighted by Gasteiger charge is 2.27. The van der Waals surface area contributed by atoms with E-state index in [0.717, 1.165) is 63.7 Å². The second-order valence-electron chi connectivity index (χ2n) is 9.08. The van der Waals surface area contributed by atoms with Gasteiger partial charge in [0.1, 0.15) is 11.6 Å². The molecule has 0 radical (unpaired) electrons. The van der Waals surface area contributed by atoms with Crippen LogP contribution in [-0.4, -0.2) is 47.5 Å². The first kappa shape index (κ1) is 25.9. The largest absolute Gasteiger partial charge is 0.373 e. The van der Waals surface area contributed by atoms with E-state index in [4.69, 9.17) is 4.74 Å². The van der Waals surface area contributed by atoms with Crippen molar-refractivity contribution in [1.82, 2.24) is 25.4 Å². The van der Waals surface area contributed by atoms with Crippen LogP contribution in [0.3, 0.4) is 0 Å². The summed E-state index contributed by atoms with van der Waals surface area (Å²) in [6.45, 7) is 5.76. The molecule has 182 valence electrons. The summed E-state index contributed by atoms with van der Waals surface area (Å²) < 4.78 is 8.50. The van der Waals surface area contributed by atoms with E-state index < -0.39 is 0 Å². The van der Waals surface area contributed by atoms with E-state index >= 15 is 0 Å². The summed E-state index contributed by atoms with van der Waals surface area (Å²) in [7, 11) is 1.84. The van der Waals surface area contributed by atoms with Gasteiger partial charge in [-0.2, -0.15) is 0 Å². The number of hydrogen-bond donors (Lipinski definition) is 2. The van der Waals surface area contributed by atoms with Gasteiger partial charge in [0.15, 0.2) is 5.96 Å².